The first kappa shape index (κ1) is 18.8. The minimum atomic E-state index is -3.76. The van der Waals surface area contributed by atoms with Crippen LogP contribution in [0.25, 0.3) is 0 Å². The number of primary sulfonamides is 1. The number of hydrogen-bond acceptors (Lipinski definition) is 7. The van der Waals surface area contributed by atoms with Crippen LogP contribution in [0.5, 0.6) is 0 Å². The van der Waals surface area contributed by atoms with E-state index in [0.717, 1.165) is 0 Å². The predicted octanol–water partition coefficient (Wildman–Crippen LogP) is 1.52. The number of nitriles is 1. The molecule has 1 amide bonds. The Balaban J connectivity index is 1.81. The van der Waals surface area contributed by atoms with Crippen molar-refractivity contribution in [2.24, 2.45) is 10.6 Å². The van der Waals surface area contributed by atoms with Gasteiger partial charge in [-0.15, -0.1) is 0 Å². The number of benzene rings is 1. The van der Waals surface area contributed by atoms with Crippen LogP contribution in [0.15, 0.2) is 41.4 Å². The lowest BCUT2D eigenvalue weighted by molar-refractivity contribution is -0.123. The highest BCUT2D eigenvalue weighted by Gasteiger charge is 2.46. The van der Waals surface area contributed by atoms with Crippen molar-refractivity contribution in [3.8, 4) is 6.07 Å². The zero-order valence-electron chi connectivity index (χ0n) is 14.6. The third-order valence-electron chi connectivity index (χ3n) is 4.59. The van der Waals surface area contributed by atoms with Crippen molar-refractivity contribution in [3.05, 3.63) is 36.5 Å². The van der Waals surface area contributed by atoms with Crippen molar-refractivity contribution < 1.29 is 13.2 Å². The van der Waals surface area contributed by atoms with Gasteiger partial charge in [0.25, 0.3) is 0 Å². The van der Waals surface area contributed by atoms with Gasteiger partial charge in [-0.3, -0.25) is 9.69 Å². The molecule has 1 fully saturated rings. The molecule has 1 atom stereocenters. The molecule has 0 bridgehead atoms. The quantitative estimate of drug-likeness (QED) is 0.793. The van der Waals surface area contributed by atoms with Gasteiger partial charge in [0.2, 0.25) is 21.9 Å². The summed E-state index contributed by atoms with van der Waals surface area (Å²) in [5.41, 5.74) is -0.436. The average Bonchev–Trinajstić information content (AvgIpc) is 2.98. The second-order valence-corrected chi connectivity index (χ2v) is 7.75. The van der Waals surface area contributed by atoms with Crippen molar-refractivity contribution in [1.29, 1.82) is 5.26 Å². The Hall–Kier alpha value is -3.03. The lowest BCUT2D eigenvalue weighted by atomic mass is 9.85. The molecule has 3 rings (SSSR count). The van der Waals surface area contributed by atoms with E-state index in [1.165, 1.54) is 35.4 Å². The summed E-state index contributed by atoms with van der Waals surface area (Å²) in [6.45, 7) is 2.24. The number of nitrogens with two attached hydrogens (primary N) is 1. The number of carbonyl (C=O) groups excluding carboxylic acids is 1. The zero-order chi connectivity index (χ0) is 19.7. The third kappa shape index (κ3) is 3.60. The molecule has 1 unspecified atom stereocenters. The minimum Gasteiger partial charge on any atom is -0.324 e. The topological polar surface area (TPSA) is 142 Å². The number of nitrogens with one attached hydrogen (secondary N) is 1. The fraction of sp³-hybridized carbons (Fsp3) is 0.294. The van der Waals surface area contributed by atoms with Crippen LogP contribution in [0, 0.1) is 16.7 Å². The van der Waals surface area contributed by atoms with E-state index >= 15 is 0 Å². The van der Waals surface area contributed by atoms with Crippen molar-refractivity contribution in [2.75, 3.05) is 16.8 Å². The van der Waals surface area contributed by atoms with Gasteiger partial charge in [0.05, 0.1) is 11.0 Å². The molecule has 1 aromatic carbocycles. The Bertz CT molecular complexity index is 1020. The van der Waals surface area contributed by atoms with E-state index in [0.29, 0.717) is 30.9 Å². The van der Waals surface area contributed by atoms with E-state index in [4.69, 9.17) is 5.14 Å². The number of hydrogen-bond donors (Lipinski definition) is 2. The largest absolute Gasteiger partial charge is 0.324 e. The molecular formula is C17H18N6O3S. The first-order valence-corrected chi connectivity index (χ1v) is 9.80. The van der Waals surface area contributed by atoms with Crippen molar-refractivity contribution in [3.63, 3.8) is 0 Å². The second-order valence-electron chi connectivity index (χ2n) is 6.19. The number of aromatic nitrogens is 2. The van der Waals surface area contributed by atoms with Gasteiger partial charge in [-0.25, -0.2) is 18.5 Å². The van der Waals surface area contributed by atoms with Crippen LogP contribution in [-0.4, -0.2) is 30.8 Å². The summed E-state index contributed by atoms with van der Waals surface area (Å²) < 4.78 is 22.6. The highest BCUT2D eigenvalue weighted by Crippen LogP contribution is 2.36. The smallest absolute Gasteiger partial charge is 0.248 e. The molecule has 140 valence electrons. The maximum Gasteiger partial charge on any atom is 0.248 e. The summed E-state index contributed by atoms with van der Waals surface area (Å²) in [6, 6.07) is 9.56. The lowest BCUT2D eigenvalue weighted by Gasteiger charge is -2.19. The zero-order valence-corrected chi connectivity index (χ0v) is 15.4. The predicted molar refractivity (Wildman–Crippen MR) is 98.4 cm³/mol. The summed E-state index contributed by atoms with van der Waals surface area (Å²) in [6.07, 6.45) is 2.42. The summed E-state index contributed by atoms with van der Waals surface area (Å²) in [7, 11) is -3.76. The Kier molecular flexibility index (Phi) is 4.82. The Morgan fingerprint density at radius 2 is 2.04 bits per heavy atom. The SMILES string of the molecule is CCC1(C#N)CCN(c2ccnc(Nc3ccc(S(N)(=O)=O)cc3)n2)C1=O. The average molecular weight is 386 g/mol. The fourth-order valence-electron chi connectivity index (χ4n) is 2.92. The minimum absolute atomic E-state index is 0.00204. The summed E-state index contributed by atoms with van der Waals surface area (Å²) in [5.74, 6) is 0.397. The van der Waals surface area contributed by atoms with Crippen LogP contribution < -0.4 is 15.4 Å². The molecular weight excluding hydrogens is 368 g/mol. The van der Waals surface area contributed by atoms with Crippen molar-refractivity contribution in [1.82, 2.24) is 9.97 Å². The van der Waals surface area contributed by atoms with Gasteiger partial charge in [0, 0.05) is 18.4 Å². The number of carbonyl (C=O) groups is 1. The number of amides is 1. The Morgan fingerprint density at radius 1 is 1.33 bits per heavy atom. The molecule has 0 aliphatic carbocycles. The van der Waals surface area contributed by atoms with Gasteiger partial charge in [0.15, 0.2) is 0 Å². The molecule has 1 saturated heterocycles. The van der Waals surface area contributed by atoms with E-state index in [1.54, 1.807) is 6.07 Å². The normalized spacial score (nSPS) is 19.7. The summed E-state index contributed by atoms with van der Waals surface area (Å²) in [4.78, 5) is 22.6. The van der Waals surface area contributed by atoms with Crippen LogP contribution in [0.3, 0.4) is 0 Å². The molecule has 10 heteroatoms. The second kappa shape index (κ2) is 6.94. The molecule has 0 saturated carbocycles. The van der Waals surface area contributed by atoms with Crippen molar-refractivity contribution in [2.45, 2.75) is 24.7 Å². The Morgan fingerprint density at radius 3 is 2.59 bits per heavy atom. The first-order chi connectivity index (χ1) is 12.8. The molecule has 1 aromatic heterocycles. The van der Waals surface area contributed by atoms with E-state index in [-0.39, 0.29) is 16.8 Å². The molecule has 2 heterocycles. The molecule has 0 radical (unpaired) electrons. The summed E-state index contributed by atoms with van der Waals surface area (Å²) in [5, 5.41) is 17.4. The van der Waals surface area contributed by atoms with E-state index in [9.17, 15) is 18.5 Å². The monoisotopic (exact) mass is 386 g/mol. The van der Waals surface area contributed by atoms with Gasteiger partial charge in [-0.1, -0.05) is 6.92 Å². The van der Waals surface area contributed by atoms with Gasteiger partial charge in [-0.2, -0.15) is 10.2 Å². The fourth-order valence-corrected chi connectivity index (χ4v) is 3.43. The molecule has 1 aliphatic heterocycles. The van der Waals surface area contributed by atoms with Crippen LogP contribution >= 0.6 is 0 Å². The van der Waals surface area contributed by atoms with Gasteiger partial charge < -0.3 is 5.32 Å². The van der Waals surface area contributed by atoms with Crippen LogP contribution in [0.4, 0.5) is 17.5 Å². The molecule has 0 spiro atoms. The van der Waals surface area contributed by atoms with Gasteiger partial charge in [0.1, 0.15) is 11.2 Å². The number of nitrogens with zero attached hydrogens (tertiary/aromatic N) is 4. The maximum absolute atomic E-state index is 12.6. The van der Waals surface area contributed by atoms with Gasteiger partial charge >= 0.3 is 0 Å². The number of anilines is 3. The first-order valence-electron chi connectivity index (χ1n) is 8.25. The number of sulfonamides is 1. The standard InChI is InChI=1S/C17H18N6O3S/c1-2-17(11-18)8-10-23(15(17)24)14-7-9-20-16(22-14)21-12-3-5-13(6-4-12)27(19,25)26/h3-7,9H,2,8,10H2,1H3,(H2,19,25,26)(H,20,21,22). The Labute approximate surface area is 156 Å². The van der Waals surface area contributed by atoms with E-state index in [2.05, 4.69) is 21.4 Å². The van der Waals surface area contributed by atoms with Gasteiger partial charge in [-0.05, 0) is 43.2 Å². The van der Waals surface area contributed by atoms with E-state index in [1.807, 2.05) is 6.92 Å². The molecule has 9 nitrogen and oxygen atoms in total. The molecule has 27 heavy (non-hydrogen) atoms. The number of rotatable bonds is 5. The maximum atomic E-state index is 12.6. The van der Waals surface area contributed by atoms with Crippen LogP contribution in [-0.2, 0) is 14.8 Å². The van der Waals surface area contributed by atoms with Crippen molar-refractivity contribution >= 4 is 33.4 Å². The van der Waals surface area contributed by atoms with Crippen LogP contribution in [0.1, 0.15) is 19.8 Å². The highest BCUT2D eigenvalue weighted by atomic mass is 32.2. The van der Waals surface area contributed by atoms with Crippen LogP contribution in [0.2, 0.25) is 0 Å². The lowest BCUT2D eigenvalue weighted by Crippen LogP contribution is -2.33. The molecule has 1 aliphatic rings. The summed E-state index contributed by atoms with van der Waals surface area (Å²) >= 11 is 0. The third-order valence-corrected chi connectivity index (χ3v) is 5.52. The molecule has 2 aromatic rings. The highest BCUT2D eigenvalue weighted by molar-refractivity contribution is 7.89. The molecule has 3 N–H and O–H groups in total. The van der Waals surface area contributed by atoms with E-state index < -0.39 is 15.4 Å².